The zero-order valence-corrected chi connectivity index (χ0v) is 24.6. The van der Waals surface area contributed by atoms with Crippen LogP contribution in [-0.4, -0.2) is 34.2 Å². The molecule has 5 heteroatoms. The first-order valence-electron chi connectivity index (χ1n) is 13.8. The minimum Gasteiger partial charge on any atom is -0.497 e. The number of ether oxygens (including phenoxy) is 4. The fourth-order valence-corrected chi connectivity index (χ4v) is 4.98. The first-order valence-corrected chi connectivity index (χ1v) is 13.8. The molecule has 0 aromatic heterocycles. The molecule has 5 nitrogen and oxygen atoms in total. The molecule has 0 heterocycles. The monoisotopic (exact) mass is 568 g/mol. The molecule has 214 valence electrons. The Morgan fingerprint density at radius 1 is 0.628 bits per heavy atom. The predicted molar refractivity (Wildman–Crippen MR) is 170 cm³/mol. The molecule has 4 aromatic rings. The van der Waals surface area contributed by atoms with Crippen LogP contribution in [0.5, 0.6) is 17.2 Å². The first-order chi connectivity index (χ1) is 21.0. The lowest BCUT2D eigenvalue weighted by molar-refractivity contribution is -0.110. The summed E-state index contributed by atoms with van der Waals surface area (Å²) in [6.45, 7) is 0.373. The topological polar surface area (TPSA) is 54.0 Å². The Morgan fingerprint density at radius 2 is 1.19 bits per heavy atom. The van der Waals surface area contributed by atoms with Gasteiger partial charge in [-0.15, -0.1) is 0 Å². The van der Waals surface area contributed by atoms with Crippen LogP contribution in [0.15, 0.2) is 115 Å². The Morgan fingerprint density at radius 3 is 1.74 bits per heavy atom. The van der Waals surface area contributed by atoms with E-state index in [2.05, 4.69) is 24.0 Å². The fraction of sp³-hybridized carbons (Fsp3) is 0.132. The third kappa shape index (κ3) is 6.62. The van der Waals surface area contributed by atoms with Crippen LogP contribution in [0.3, 0.4) is 0 Å². The van der Waals surface area contributed by atoms with Crippen molar-refractivity contribution in [2.45, 2.75) is 6.61 Å². The zero-order chi connectivity index (χ0) is 30.2. The van der Waals surface area contributed by atoms with Crippen molar-refractivity contribution in [3.63, 3.8) is 0 Å². The molecule has 0 radical (unpaired) electrons. The molecule has 0 spiro atoms. The van der Waals surface area contributed by atoms with Gasteiger partial charge < -0.3 is 18.9 Å². The zero-order valence-electron chi connectivity index (χ0n) is 24.6. The second-order valence-corrected chi connectivity index (χ2v) is 9.79. The van der Waals surface area contributed by atoms with Gasteiger partial charge in [0.05, 0.1) is 27.9 Å². The van der Waals surface area contributed by atoms with Crippen LogP contribution in [0.1, 0.15) is 27.8 Å². The van der Waals surface area contributed by atoms with Crippen molar-refractivity contribution >= 4 is 11.4 Å². The van der Waals surface area contributed by atoms with E-state index >= 15 is 0 Å². The minimum atomic E-state index is -0.0548. The molecule has 0 bridgehead atoms. The van der Waals surface area contributed by atoms with E-state index in [1.165, 1.54) is 0 Å². The van der Waals surface area contributed by atoms with E-state index in [0.717, 1.165) is 67.3 Å². The molecular weight excluding hydrogens is 536 g/mol. The number of hydrogen-bond donors (Lipinski definition) is 0. The van der Waals surface area contributed by atoms with E-state index in [4.69, 9.17) is 18.9 Å². The van der Waals surface area contributed by atoms with Crippen LogP contribution in [-0.2, 0) is 16.1 Å². The largest absolute Gasteiger partial charge is 0.497 e. The van der Waals surface area contributed by atoms with Crippen molar-refractivity contribution < 1.29 is 23.7 Å². The van der Waals surface area contributed by atoms with Gasteiger partial charge in [-0.05, 0) is 94.1 Å². The SMILES string of the molecule is COCc1ccc(-c2ccc(OC)cc2)c(C(=C2C=CC(=O)C=C2)c2ccc(OC)cc2)c1C#Cc1ccc(OC)cc1. The van der Waals surface area contributed by atoms with Crippen LogP contribution in [0, 0.1) is 11.8 Å². The lowest BCUT2D eigenvalue weighted by atomic mass is 9.82. The molecule has 0 saturated heterocycles. The number of carbonyl (C=O) groups is 1. The lowest BCUT2D eigenvalue weighted by Gasteiger charge is -2.22. The average molecular weight is 569 g/mol. The number of ketones is 1. The second kappa shape index (κ2) is 13.6. The van der Waals surface area contributed by atoms with Crippen molar-refractivity contribution in [2.75, 3.05) is 28.4 Å². The van der Waals surface area contributed by atoms with Crippen LogP contribution in [0.25, 0.3) is 16.7 Å². The predicted octanol–water partition coefficient (Wildman–Crippen LogP) is 7.42. The highest BCUT2D eigenvalue weighted by atomic mass is 16.5. The summed E-state index contributed by atoms with van der Waals surface area (Å²) >= 11 is 0. The number of benzene rings is 4. The van der Waals surface area contributed by atoms with Gasteiger partial charge in [0.25, 0.3) is 0 Å². The number of hydrogen-bond acceptors (Lipinski definition) is 5. The number of rotatable bonds is 8. The molecule has 0 fully saturated rings. The Kier molecular flexibility index (Phi) is 9.21. The van der Waals surface area contributed by atoms with Gasteiger partial charge >= 0.3 is 0 Å². The molecule has 43 heavy (non-hydrogen) atoms. The standard InChI is InChI=1S/C38H32O5/c1-40-25-30-14-24-35(27-10-19-33(42-3)20-11-27)38(36(30)23-7-26-5-17-32(41-2)18-6-26)37(28-8-15-31(39)16-9-28)29-12-21-34(43-4)22-13-29/h5-6,8-22,24H,25H2,1-4H3. The Labute approximate surface area is 252 Å². The molecule has 0 saturated carbocycles. The van der Waals surface area contributed by atoms with E-state index in [1.807, 2.05) is 84.9 Å². The summed E-state index contributed by atoms with van der Waals surface area (Å²) in [7, 11) is 6.63. The van der Waals surface area contributed by atoms with E-state index in [1.54, 1.807) is 40.6 Å². The van der Waals surface area contributed by atoms with Crippen LogP contribution in [0.2, 0.25) is 0 Å². The molecule has 1 aliphatic carbocycles. The smallest absolute Gasteiger partial charge is 0.178 e. The summed E-state index contributed by atoms with van der Waals surface area (Å²) in [4.78, 5) is 12.2. The van der Waals surface area contributed by atoms with Crippen molar-refractivity contribution in [3.8, 4) is 40.2 Å². The lowest BCUT2D eigenvalue weighted by Crippen LogP contribution is -2.05. The van der Waals surface area contributed by atoms with Crippen LogP contribution < -0.4 is 14.2 Å². The summed E-state index contributed by atoms with van der Waals surface area (Å²) < 4.78 is 21.9. The quantitative estimate of drug-likeness (QED) is 0.207. The van der Waals surface area contributed by atoms with Gasteiger partial charge in [0.2, 0.25) is 0 Å². The molecule has 0 unspecified atom stereocenters. The van der Waals surface area contributed by atoms with E-state index in [-0.39, 0.29) is 5.78 Å². The van der Waals surface area contributed by atoms with Crippen molar-refractivity contribution in [2.24, 2.45) is 0 Å². The second-order valence-electron chi connectivity index (χ2n) is 9.79. The van der Waals surface area contributed by atoms with Gasteiger partial charge in [-0.25, -0.2) is 0 Å². The molecule has 1 aliphatic rings. The van der Waals surface area contributed by atoms with Gasteiger partial charge in [0.15, 0.2) is 5.78 Å². The average Bonchev–Trinajstić information content (AvgIpc) is 3.06. The number of methoxy groups -OCH3 is 4. The third-order valence-corrected chi connectivity index (χ3v) is 7.19. The van der Waals surface area contributed by atoms with E-state index in [0.29, 0.717) is 6.61 Å². The molecule has 0 amide bonds. The fourth-order valence-electron chi connectivity index (χ4n) is 4.98. The maximum absolute atomic E-state index is 12.2. The Hall–Kier alpha value is -5.31. The van der Waals surface area contributed by atoms with Gasteiger partial charge in [-0.2, -0.15) is 0 Å². The summed E-state index contributed by atoms with van der Waals surface area (Å²) in [5.41, 5.74) is 8.34. The summed E-state index contributed by atoms with van der Waals surface area (Å²) in [5.74, 6) is 9.11. The highest BCUT2D eigenvalue weighted by Gasteiger charge is 2.22. The molecular formula is C38H32O5. The maximum atomic E-state index is 12.2. The normalized spacial score (nSPS) is 12.0. The van der Waals surface area contributed by atoms with Gasteiger partial charge in [-0.3, -0.25) is 4.79 Å². The van der Waals surface area contributed by atoms with Gasteiger partial charge in [0.1, 0.15) is 17.2 Å². The maximum Gasteiger partial charge on any atom is 0.178 e. The minimum absolute atomic E-state index is 0.0548. The van der Waals surface area contributed by atoms with Gasteiger partial charge in [-0.1, -0.05) is 60.4 Å². The van der Waals surface area contributed by atoms with Crippen molar-refractivity contribution in [3.05, 3.63) is 143 Å². The summed E-state index contributed by atoms with van der Waals surface area (Å²) in [6.07, 6.45) is 6.91. The van der Waals surface area contributed by atoms with E-state index in [9.17, 15) is 4.79 Å². The van der Waals surface area contributed by atoms with Crippen LogP contribution >= 0.6 is 0 Å². The molecule has 0 aliphatic heterocycles. The van der Waals surface area contributed by atoms with Gasteiger partial charge in [0, 0.05) is 23.8 Å². The molecule has 5 rings (SSSR count). The number of carbonyl (C=O) groups excluding carboxylic acids is 1. The highest BCUT2D eigenvalue weighted by molar-refractivity contribution is 6.04. The Bertz CT molecular complexity index is 1740. The van der Waals surface area contributed by atoms with Crippen molar-refractivity contribution in [1.82, 2.24) is 0 Å². The Balaban J connectivity index is 1.85. The highest BCUT2D eigenvalue weighted by Crippen LogP contribution is 2.40. The summed E-state index contributed by atoms with van der Waals surface area (Å²) in [6, 6.07) is 27.8. The van der Waals surface area contributed by atoms with Crippen LogP contribution in [0.4, 0.5) is 0 Å². The molecule has 4 aromatic carbocycles. The molecule has 0 atom stereocenters. The first kappa shape index (κ1) is 29.2. The third-order valence-electron chi connectivity index (χ3n) is 7.19. The van der Waals surface area contributed by atoms with E-state index < -0.39 is 0 Å². The molecule has 0 N–H and O–H groups in total. The summed E-state index contributed by atoms with van der Waals surface area (Å²) in [5, 5.41) is 0. The van der Waals surface area contributed by atoms with Crippen molar-refractivity contribution in [1.29, 1.82) is 0 Å². The number of allylic oxidation sites excluding steroid dienone is 5.